The van der Waals surface area contributed by atoms with Crippen LogP contribution in [0.3, 0.4) is 0 Å². The van der Waals surface area contributed by atoms with E-state index < -0.39 is 0 Å². The van der Waals surface area contributed by atoms with Gasteiger partial charge in [0, 0.05) is 44.1 Å². The van der Waals surface area contributed by atoms with E-state index in [9.17, 15) is 0 Å². The Bertz CT molecular complexity index is 831. The first-order valence-corrected chi connectivity index (χ1v) is 9.71. The van der Waals surface area contributed by atoms with E-state index in [0.717, 1.165) is 54.4 Å². The quantitative estimate of drug-likeness (QED) is 0.757. The number of rotatable bonds is 3. The summed E-state index contributed by atoms with van der Waals surface area (Å²) in [4.78, 5) is 8.91. The fourth-order valence-corrected chi connectivity index (χ4v) is 3.30. The number of hydrogen-bond acceptors (Lipinski definition) is 4. The summed E-state index contributed by atoms with van der Waals surface area (Å²) in [6, 6.07) is 12.7. The number of aromatic amines is 1. The number of anilines is 1. The molecule has 4 rings (SSSR count). The third-order valence-electron chi connectivity index (χ3n) is 4.86. The standard InChI is InChI=1S/C20H23N5.C2H6/c1-15-3-5-17(6-4-15)19-18(16-7-9-21-10-8-16)20(23-22-19)25-13-11-24(2)12-14-25;1-2/h3-10H,11-14H2,1-2H3,(H,22,23);1-2H3. The van der Waals surface area contributed by atoms with E-state index in [1.54, 1.807) is 0 Å². The summed E-state index contributed by atoms with van der Waals surface area (Å²) in [5, 5.41) is 7.99. The largest absolute Gasteiger partial charge is 0.352 e. The lowest BCUT2D eigenvalue weighted by molar-refractivity contribution is 0.312. The molecule has 0 aliphatic carbocycles. The molecular weight excluding hydrogens is 334 g/mol. The topological polar surface area (TPSA) is 48.1 Å². The smallest absolute Gasteiger partial charge is 0.159 e. The van der Waals surface area contributed by atoms with E-state index in [-0.39, 0.29) is 0 Å². The molecule has 1 aliphatic rings. The van der Waals surface area contributed by atoms with Crippen molar-refractivity contribution in [3.63, 3.8) is 0 Å². The summed E-state index contributed by atoms with van der Waals surface area (Å²) < 4.78 is 0. The van der Waals surface area contributed by atoms with Gasteiger partial charge in [0.05, 0.1) is 11.3 Å². The minimum absolute atomic E-state index is 0.993. The highest BCUT2D eigenvalue weighted by Gasteiger charge is 2.23. The maximum Gasteiger partial charge on any atom is 0.159 e. The van der Waals surface area contributed by atoms with Crippen molar-refractivity contribution in [3.8, 4) is 22.4 Å². The van der Waals surface area contributed by atoms with Crippen LogP contribution in [-0.4, -0.2) is 53.3 Å². The van der Waals surface area contributed by atoms with Gasteiger partial charge in [0.25, 0.3) is 0 Å². The SMILES string of the molecule is CC.Cc1ccc(-c2[nH]nc(N3CCN(C)CC3)c2-c2ccncc2)cc1. The van der Waals surface area contributed by atoms with E-state index in [1.807, 2.05) is 26.2 Å². The van der Waals surface area contributed by atoms with E-state index in [0.29, 0.717) is 0 Å². The zero-order valence-electron chi connectivity index (χ0n) is 16.7. The fraction of sp³-hybridized carbons (Fsp3) is 0.364. The first-order chi connectivity index (χ1) is 13.2. The van der Waals surface area contributed by atoms with E-state index >= 15 is 0 Å². The zero-order chi connectivity index (χ0) is 19.2. The molecule has 0 unspecified atom stereocenters. The van der Waals surface area contributed by atoms with Crippen LogP contribution in [0.25, 0.3) is 22.4 Å². The molecule has 0 bridgehead atoms. The maximum atomic E-state index is 4.70. The highest BCUT2D eigenvalue weighted by Crippen LogP contribution is 2.37. The Morgan fingerprint density at radius 2 is 1.48 bits per heavy atom. The summed E-state index contributed by atoms with van der Waals surface area (Å²) in [6.07, 6.45) is 3.68. The van der Waals surface area contributed by atoms with Crippen molar-refractivity contribution in [2.75, 3.05) is 38.1 Å². The molecule has 27 heavy (non-hydrogen) atoms. The average Bonchev–Trinajstić information content (AvgIpc) is 3.16. The fourth-order valence-electron chi connectivity index (χ4n) is 3.30. The van der Waals surface area contributed by atoms with Crippen molar-refractivity contribution >= 4 is 5.82 Å². The lowest BCUT2D eigenvalue weighted by atomic mass is 10.0. The average molecular weight is 364 g/mol. The van der Waals surface area contributed by atoms with Gasteiger partial charge in [-0.15, -0.1) is 0 Å². The van der Waals surface area contributed by atoms with Gasteiger partial charge < -0.3 is 9.80 Å². The van der Waals surface area contributed by atoms with Gasteiger partial charge in [-0.3, -0.25) is 10.1 Å². The third kappa shape index (κ3) is 4.19. The number of nitrogens with one attached hydrogen (secondary N) is 1. The molecule has 5 nitrogen and oxygen atoms in total. The first kappa shape index (κ1) is 19.1. The van der Waals surface area contributed by atoms with Gasteiger partial charge in [-0.05, 0) is 31.7 Å². The Morgan fingerprint density at radius 1 is 0.852 bits per heavy atom. The number of aryl methyl sites for hydroxylation is 1. The van der Waals surface area contributed by atoms with Crippen LogP contribution in [0, 0.1) is 6.92 Å². The highest BCUT2D eigenvalue weighted by atomic mass is 15.3. The van der Waals surface area contributed by atoms with Gasteiger partial charge >= 0.3 is 0 Å². The van der Waals surface area contributed by atoms with Crippen LogP contribution < -0.4 is 4.90 Å². The summed E-state index contributed by atoms with van der Waals surface area (Å²) in [5.74, 6) is 1.04. The molecule has 1 aromatic carbocycles. The molecule has 142 valence electrons. The van der Waals surface area contributed by atoms with Crippen LogP contribution in [-0.2, 0) is 0 Å². The van der Waals surface area contributed by atoms with Crippen LogP contribution in [0.15, 0.2) is 48.8 Å². The lowest BCUT2D eigenvalue weighted by Crippen LogP contribution is -2.44. The number of nitrogens with zero attached hydrogens (tertiary/aromatic N) is 4. The van der Waals surface area contributed by atoms with Gasteiger partial charge in [-0.2, -0.15) is 5.10 Å². The summed E-state index contributed by atoms with van der Waals surface area (Å²) >= 11 is 0. The summed E-state index contributed by atoms with van der Waals surface area (Å²) in [5.41, 5.74) is 5.79. The van der Waals surface area contributed by atoms with E-state index in [4.69, 9.17) is 5.10 Å². The number of hydrogen-bond donors (Lipinski definition) is 1. The lowest BCUT2D eigenvalue weighted by Gasteiger charge is -2.33. The van der Waals surface area contributed by atoms with Crippen molar-refractivity contribution in [2.45, 2.75) is 20.8 Å². The van der Waals surface area contributed by atoms with Gasteiger partial charge in [0.1, 0.15) is 0 Å². The van der Waals surface area contributed by atoms with Gasteiger partial charge in [0.2, 0.25) is 0 Å². The molecule has 3 heterocycles. The molecule has 3 aromatic rings. The van der Waals surface area contributed by atoms with Crippen molar-refractivity contribution in [2.24, 2.45) is 0 Å². The van der Waals surface area contributed by atoms with Gasteiger partial charge in [-0.25, -0.2) is 0 Å². The monoisotopic (exact) mass is 363 g/mol. The number of piperazine rings is 1. The van der Waals surface area contributed by atoms with Crippen molar-refractivity contribution in [1.82, 2.24) is 20.1 Å². The molecule has 2 aromatic heterocycles. The Balaban J connectivity index is 0.00000102. The van der Waals surface area contributed by atoms with Crippen LogP contribution in [0.2, 0.25) is 0 Å². The highest BCUT2D eigenvalue weighted by molar-refractivity contribution is 5.89. The minimum Gasteiger partial charge on any atom is -0.352 e. The summed E-state index contributed by atoms with van der Waals surface area (Å²) in [6.45, 7) is 10.2. The van der Waals surface area contributed by atoms with Gasteiger partial charge in [-0.1, -0.05) is 43.7 Å². The van der Waals surface area contributed by atoms with Crippen LogP contribution in [0.5, 0.6) is 0 Å². The number of likely N-dealkylation sites (N-methyl/N-ethyl adjacent to an activating group) is 1. The van der Waals surface area contributed by atoms with Crippen LogP contribution >= 0.6 is 0 Å². The molecule has 0 spiro atoms. The maximum absolute atomic E-state index is 4.70. The second-order valence-corrected chi connectivity index (χ2v) is 6.69. The minimum atomic E-state index is 0.993. The molecule has 0 amide bonds. The Labute approximate surface area is 162 Å². The molecule has 1 saturated heterocycles. The van der Waals surface area contributed by atoms with Gasteiger partial charge in [0.15, 0.2) is 5.82 Å². The molecule has 5 heteroatoms. The Kier molecular flexibility index (Phi) is 6.24. The number of aromatic nitrogens is 3. The second kappa shape index (κ2) is 8.82. The molecule has 0 radical (unpaired) electrons. The number of benzene rings is 1. The molecule has 1 aliphatic heterocycles. The van der Waals surface area contributed by atoms with E-state index in [2.05, 4.69) is 70.3 Å². The molecule has 0 saturated carbocycles. The first-order valence-electron chi connectivity index (χ1n) is 9.71. The van der Waals surface area contributed by atoms with Crippen LogP contribution in [0.4, 0.5) is 5.82 Å². The number of H-pyrrole nitrogens is 1. The zero-order valence-corrected chi connectivity index (χ0v) is 16.7. The van der Waals surface area contributed by atoms with Crippen molar-refractivity contribution in [1.29, 1.82) is 0 Å². The predicted octanol–water partition coefficient (Wildman–Crippen LogP) is 4.23. The third-order valence-corrected chi connectivity index (χ3v) is 4.86. The van der Waals surface area contributed by atoms with Crippen molar-refractivity contribution in [3.05, 3.63) is 54.4 Å². The second-order valence-electron chi connectivity index (χ2n) is 6.69. The Morgan fingerprint density at radius 3 is 2.11 bits per heavy atom. The predicted molar refractivity (Wildman–Crippen MR) is 113 cm³/mol. The normalized spacial score (nSPS) is 14.6. The molecule has 1 N–H and O–H groups in total. The number of pyridine rings is 1. The molecular formula is C22H29N5. The van der Waals surface area contributed by atoms with Crippen molar-refractivity contribution < 1.29 is 0 Å². The van der Waals surface area contributed by atoms with Crippen LogP contribution in [0.1, 0.15) is 19.4 Å². The Hall–Kier alpha value is -2.66. The summed E-state index contributed by atoms with van der Waals surface area (Å²) in [7, 11) is 2.17. The molecule has 1 fully saturated rings. The molecule has 0 atom stereocenters. The van der Waals surface area contributed by atoms with E-state index in [1.165, 1.54) is 5.56 Å².